The summed E-state index contributed by atoms with van der Waals surface area (Å²) in [5, 5.41) is 0. The number of hydrogen-bond donors (Lipinski definition) is 0. The number of ketones is 1. The summed E-state index contributed by atoms with van der Waals surface area (Å²) in [7, 11) is 0. The van der Waals surface area contributed by atoms with Crippen molar-refractivity contribution in [2.45, 2.75) is 33.1 Å². The zero-order chi connectivity index (χ0) is 9.19. The van der Waals surface area contributed by atoms with Crippen LogP contribution in [0.25, 0.3) is 0 Å². The van der Waals surface area contributed by atoms with Crippen LogP contribution >= 0.6 is 22.6 Å². The van der Waals surface area contributed by atoms with Gasteiger partial charge in [0.25, 0.3) is 0 Å². The largest absolute Gasteiger partial charge is 0.294 e. The molecular formula is C10H15IO. The van der Waals surface area contributed by atoms with Crippen molar-refractivity contribution in [1.82, 2.24) is 0 Å². The quantitative estimate of drug-likeness (QED) is 0.571. The summed E-state index contributed by atoms with van der Waals surface area (Å²) in [6, 6.07) is 0. The number of halogens is 1. The standard InChI is InChI=1S/C10H15IO/c1-3-8-6-10(2,7-8)9(12)4-5-11/h4-5,8H,3,6-7H2,1-2H3/t8-,10-. The summed E-state index contributed by atoms with van der Waals surface area (Å²) in [5.41, 5.74) is -0.0254. The smallest absolute Gasteiger partial charge is 0.162 e. The van der Waals surface area contributed by atoms with Crippen molar-refractivity contribution in [3.63, 3.8) is 0 Å². The fraction of sp³-hybridized carbons (Fsp3) is 0.700. The average molecular weight is 278 g/mol. The van der Waals surface area contributed by atoms with Crippen LogP contribution in [-0.4, -0.2) is 5.78 Å². The molecule has 0 amide bonds. The molecule has 0 saturated heterocycles. The Morgan fingerprint density at radius 2 is 2.25 bits per heavy atom. The highest BCUT2D eigenvalue weighted by Crippen LogP contribution is 2.47. The topological polar surface area (TPSA) is 17.1 Å². The maximum absolute atomic E-state index is 11.5. The van der Waals surface area contributed by atoms with E-state index in [-0.39, 0.29) is 5.41 Å². The van der Waals surface area contributed by atoms with Crippen LogP contribution in [0.4, 0.5) is 0 Å². The lowest BCUT2D eigenvalue weighted by molar-refractivity contribution is -0.130. The Bertz CT molecular complexity index is 202. The van der Waals surface area contributed by atoms with E-state index in [0.717, 1.165) is 18.8 Å². The van der Waals surface area contributed by atoms with Crippen LogP contribution in [-0.2, 0) is 4.79 Å². The van der Waals surface area contributed by atoms with Gasteiger partial charge in [0.2, 0.25) is 0 Å². The molecule has 0 bridgehead atoms. The third-order valence-corrected chi connectivity index (χ3v) is 3.22. The monoisotopic (exact) mass is 278 g/mol. The third kappa shape index (κ3) is 1.90. The summed E-state index contributed by atoms with van der Waals surface area (Å²) in [6.45, 7) is 4.28. The van der Waals surface area contributed by atoms with Gasteiger partial charge in [-0.3, -0.25) is 4.79 Å². The van der Waals surface area contributed by atoms with Crippen LogP contribution in [0.1, 0.15) is 33.1 Å². The van der Waals surface area contributed by atoms with Crippen molar-refractivity contribution in [2.24, 2.45) is 11.3 Å². The van der Waals surface area contributed by atoms with Crippen LogP contribution < -0.4 is 0 Å². The molecule has 0 radical (unpaired) electrons. The Morgan fingerprint density at radius 1 is 1.67 bits per heavy atom. The van der Waals surface area contributed by atoms with Gasteiger partial charge in [0, 0.05) is 5.41 Å². The molecule has 68 valence electrons. The van der Waals surface area contributed by atoms with Crippen molar-refractivity contribution in [1.29, 1.82) is 0 Å². The lowest BCUT2D eigenvalue weighted by atomic mass is 9.60. The van der Waals surface area contributed by atoms with Crippen LogP contribution in [0.5, 0.6) is 0 Å². The maximum atomic E-state index is 11.5. The first-order valence-corrected chi connectivity index (χ1v) is 5.68. The molecule has 0 aromatic rings. The van der Waals surface area contributed by atoms with Crippen molar-refractivity contribution in [2.75, 3.05) is 0 Å². The van der Waals surface area contributed by atoms with Gasteiger partial charge in [-0.2, -0.15) is 0 Å². The molecule has 0 aromatic heterocycles. The molecule has 0 aromatic carbocycles. The molecule has 1 rings (SSSR count). The molecule has 1 aliphatic rings. The van der Waals surface area contributed by atoms with Gasteiger partial charge in [-0.05, 0) is 28.9 Å². The summed E-state index contributed by atoms with van der Waals surface area (Å²) in [4.78, 5) is 11.5. The summed E-state index contributed by atoms with van der Waals surface area (Å²) in [5.74, 6) is 1.10. The Hall–Kier alpha value is 0.140. The Kier molecular flexibility index (Phi) is 3.32. The van der Waals surface area contributed by atoms with Gasteiger partial charge in [-0.25, -0.2) is 0 Å². The van der Waals surface area contributed by atoms with Gasteiger partial charge in [0.05, 0.1) is 0 Å². The number of carbonyl (C=O) groups is 1. The highest BCUT2D eigenvalue weighted by atomic mass is 127. The SMILES string of the molecule is CC[C@H]1C[C@](C)(C(=O)C=CI)C1. The number of hydrogen-bond acceptors (Lipinski definition) is 1. The normalized spacial score (nSPS) is 35.1. The molecule has 1 nitrogen and oxygen atoms in total. The second-order valence-corrected chi connectivity index (χ2v) is 4.62. The number of carbonyl (C=O) groups excluding carboxylic acids is 1. The van der Waals surface area contributed by atoms with Crippen LogP contribution in [0.15, 0.2) is 10.2 Å². The molecule has 1 aliphatic carbocycles. The van der Waals surface area contributed by atoms with Crippen LogP contribution in [0.2, 0.25) is 0 Å². The van der Waals surface area contributed by atoms with Gasteiger partial charge < -0.3 is 0 Å². The van der Waals surface area contributed by atoms with Gasteiger partial charge >= 0.3 is 0 Å². The van der Waals surface area contributed by atoms with Crippen LogP contribution in [0.3, 0.4) is 0 Å². The van der Waals surface area contributed by atoms with Crippen LogP contribution in [0, 0.1) is 11.3 Å². The van der Waals surface area contributed by atoms with Gasteiger partial charge in [0.1, 0.15) is 0 Å². The first-order valence-electron chi connectivity index (χ1n) is 4.43. The van der Waals surface area contributed by atoms with E-state index in [1.165, 1.54) is 6.42 Å². The molecule has 0 spiro atoms. The lowest BCUT2D eigenvalue weighted by Crippen LogP contribution is -2.40. The summed E-state index contributed by atoms with van der Waals surface area (Å²) in [6.07, 6.45) is 5.09. The lowest BCUT2D eigenvalue weighted by Gasteiger charge is -2.43. The van der Waals surface area contributed by atoms with Crippen molar-refractivity contribution in [3.8, 4) is 0 Å². The predicted molar refractivity (Wildman–Crippen MR) is 59.3 cm³/mol. The van der Waals surface area contributed by atoms with E-state index in [0.29, 0.717) is 5.78 Å². The second-order valence-electron chi connectivity index (χ2n) is 3.90. The van der Waals surface area contributed by atoms with Gasteiger partial charge in [-0.15, -0.1) is 0 Å². The van der Waals surface area contributed by atoms with Crippen molar-refractivity contribution in [3.05, 3.63) is 10.2 Å². The first-order chi connectivity index (χ1) is 5.62. The minimum atomic E-state index is -0.0254. The minimum absolute atomic E-state index is 0.0254. The molecule has 0 atom stereocenters. The van der Waals surface area contributed by atoms with E-state index in [2.05, 4.69) is 36.4 Å². The third-order valence-electron chi connectivity index (χ3n) is 2.86. The number of allylic oxidation sites excluding steroid dienone is 1. The van der Waals surface area contributed by atoms with Gasteiger partial charge in [-0.1, -0.05) is 42.9 Å². The molecule has 12 heavy (non-hydrogen) atoms. The molecule has 2 heteroatoms. The first kappa shape index (κ1) is 10.2. The minimum Gasteiger partial charge on any atom is -0.294 e. The highest BCUT2D eigenvalue weighted by Gasteiger charge is 2.43. The van der Waals surface area contributed by atoms with E-state index in [1.54, 1.807) is 6.08 Å². The highest BCUT2D eigenvalue weighted by molar-refractivity contribution is 14.1. The average Bonchev–Trinajstić information content (AvgIpc) is 1.99. The Morgan fingerprint density at radius 3 is 2.67 bits per heavy atom. The fourth-order valence-corrected chi connectivity index (χ4v) is 2.29. The van der Waals surface area contributed by atoms with E-state index >= 15 is 0 Å². The van der Waals surface area contributed by atoms with E-state index in [9.17, 15) is 4.79 Å². The zero-order valence-electron chi connectivity index (χ0n) is 7.64. The zero-order valence-corrected chi connectivity index (χ0v) is 9.80. The van der Waals surface area contributed by atoms with Crippen molar-refractivity contribution >= 4 is 28.4 Å². The predicted octanol–water partition coefficient (Wildman–Crippen LogP) is 3.33. The second kappa shape index (κ2) is 3.90. The summed E-state index contributed by atoms with van der Waals surface area (Å²) >= 11 is 2.10. The Balaban J connectivity index is 2.49. The maximum Gasteiger partial charge on any atom is 0.162 e. The fourth-order valence-electron chi connectivity index (χ4n) is 1.96. The van der Waals surface area contributed by atoms with E-state index in [1.807, 2.05) is 4.08 Å². The molecule has 0 unspecified atom stereocenters. The molecule has 0 heterocycles. The molecule has 1 saturated carbocycles. The molecule has 1 fully saturated rings. The summed E-state index contributed by atoms with van der Waals surface area (Å²) < 4.78 is 1.81. The molecule has 0 aliphatic heterocycles. The van der Waals surface area contributed by atoms with Gasteiger partial charge in [0.15, 0.2) is 5.78 Å². The van der Waals surface area contributed by atoms with E-state index < -0.39 is 0 Å². The Labute approximate surface area is 87.8 Å². The molecular weight excluding hydrogens is 263 g/mol. The van der Waals surface area contributed by atoms with Crippen molar-refractivity contribution < 1.29 is 4.79 Å². The van der Waals surface area contributed by atoms with E-state index in [4.69, 9.17) is 0 Å². The number of rotatable bonds is 3. The molecule has 0 N–H and O–H groups in total.